The maximum absolute atomic E-state index is 12.7. The highest BCUT2D eigenvalue weighted by atomic mass is 32.2. The minimum absolute atomic E-state index is 0.118. The van der Waals surface area contributed by atoms with Crippen molar-refractivity contribution in [2.45, 2.75) is 31.6 Å². The lowest BCUT2D eigenvalue weighted by Crippen LogP contribution is -2.28. The van der Waals surface area contributed by atoms with E-state index in [9.17, 15) is 18.0 Å². The van der Waals surface area contributed by atoms with Gasteiger partial charge >= 0.3 is 0 Å². The summed E-state index contributed by atoms with van der Waals surface area (Å²) in [6.45, 7) is 4.99. The number of nitrogens with zero attached hydrogens (tertiary/aromatic N) is 1. The van der Waals surface area contributed by atoms with Crippen LogP contribution in [0.4, 0.5) is 11.4 Å². The first-order valence-electron chi connectivity index (χ1n) is 10.3. The van der Waals surface area contributed by atoms with Crippen molar-refractivity contribution in [3.63, 3.8) is 0 Å². The predicted octanol–water partition coefficient (Wildman–Crippen LogP) is 2.77. The van der Waals surface area contributed by atoms with E-state index in [-0.39, 0.29) is 29.7 Å². The fraction of sp³-hybridized carbons (Fsp3) is 0.364. The molecule has 0 aromatic heterocycles. The lowest BCUT2D eigenvalue weighted by atomic mass is 10.1. The van der Waals surface area contributed by atoms with Gasteiger partial charge in [-0.3, -0.25) is 9.59 Å². The third kappa shape index (κ3) is 5.62. The number of carbonyl (C=O) groups excluding carboxylic acids is 2. The number of hydrogen-bond donors (Lipinski definition) is 2. The number of carbonyl (C=O) groups is 2. The van der Waals surface area contributed by atoms with Crippen LogP contribution in [0.2, 0.25) is 0 Å². The van der Waals surface area contributed by atoms with Crippen LogP contribution in [0.1, 0.15) is 26.7 Å². The molecule has 2 aromatic rings. The fourth-order valence-electron chi connectivity index (χ4n) is 3.30. The van der Waals surface area contributed by atoms with Gasteiger partial charge < -0.3 is 15.0 Å². The second-order valence-corrected chi connectivity index (χ2v) is 9.01. The van der Waals surface area contributed by atoms with Crippen molar-refractivity contribution in [1.82, 2.24) is 4.72 Å². The van der Waals surface area contributed by atoms with Crippen LogP contribution in [0.25, 0.3) is 0 Å². The molecular weight excluding hydrogens is 418 g/mol. The third-order valence-corrected chi connectivity index (χ3v) is 6.41. The smallest absolute Gasteiger partial charge is 0.240 e. The van der Waals surface area contributed by atoms with Gasteiger partial charge in [-0.2, -0.15) is 0 Å². The molecule has 1 atom stereocenters. The second-order valence-electron chi connectivity index (χ2n) is 7.24. The van der Waals surface area contributed by atoms with Crippen molar-refractivity contribution < 1.29 is 22.7 Å². The molecule has 9 heteroatoms. The van der Waals surface area contributed by atoms with Crippen molar-refractivity contribution >= 4 is 33.2 Å². The molecule has 0 aliphatic carbocycles. The lowest BCUT2D eigenvalue weighted by molar-refractivity contribution is -0.122. The zero-order chi connectivity index (χ0) is 22.4. The molecule has 2 aromatic carbocycles. The van der Waals surface area contributed by atoms with Gasteiger partial charge in [-0.1, -0.05) is 6.92 Å². The van der Waals surface area contributed by atoms with Crippen LogP contribution in [-0.2, 0) is 19.6 Å². The van der Waals surface area contributed by atoms with E-state index in [1.54, 1.807) is 41.3 Å². The normalized spacial score (nSPS) is 16.4. The number of benzene rings is 2. The zero-order valence-electron chi connectivity index (χ0n) is 17.6. The van der Waals surface area contributed by atoms with Crippen LogP contribution >= 0.6 is 0 Å². The Balaban J connectivity index is 1.61. The van der Waals surface area contributed by atoms with Crippen molar-refractivity contribution in [1.29, 1.82) is 0 Å². The first kappa shape index (κ1) is 22.8. The van der Waals surface area contributed by atoms with E-state index >= 15 is 0 Å². The van der Waals surface area contributed by atoms with E-state index in [0.717, 1.165) is 11.4 Å². The fourth-order valence-corrected chi connectivity index (χ4v) is 4.44. The van der Waals surface area contributed by atoms with Crippen LogP contribution < -0.4 is 19.7 Å². The van der Waals surface area contributed by atoms with Gasteiger partial charge in [0, 0.05) is 30.9 Å². The summed E-state index contributed by atoms with van der Waals surface area (Å²) in [4.78, 5) is 26.8. The van der Waals surface area contributed by atoms with Gasteiger partial charge in [0.1, 0.15) is 5.75 Å². The summed E-state index contributed by atoms with van der Waals surface area (Å²) in [7, 11) is -3.56. The largest absolute Gasteiger partial charge is 0.494 e. The Labute approximate surface area is 182 Å². The molecule has 0 bridgehead atoms. The summed E-state index contributed by atoms with van der Waals surface area (Å²) in [6.07, 6.45) is 0.813. The molecule has 1 fully saturated rings. The first-order valence-corrected chi connectivity index (χ1v) is 11.8. The van der Waals surface area contributed by atoms with Gasteiger partial charge in [-0.15, -0.1) is 0 Å². The van der Waals surface area contributed by atoms with E-state index in [0.29, 0.717) is 25.3 Å². The standard InChI is InChI=1S/C22H27N3O5S/c1-3-13-23-31(28,29)20-11-5-17(6-12-20)24-22(27)16-14-21(26)25(15-16)18-7-9-19(10-8-18)30-4-2/h5-12,16,23H,3-4,13-15H2,1-2H3,(H,24,27)/t16-/m0/s1. The Kier molecular flexibility index (Phi) is 7.29. The summed E-state index contributed by atoms with van der Waals surface area (Å²) >= 11 is 0. The number of anilines is 2. The molecule has 3 rings (SSSR count). The molecule has 166 valence electrons. The van der Waals surface area contributed by atoms with Gasteiger partial charge in [-0.05, 0) is 61.9 Å². The highest BCUT2D eigenvalue weighted by Crippen LogP contribution is 2.28. The minimum atomic E-state index is -3.56. The highest BCUT2D eigenvalue weighted by molar-refractivity contribution is 7.89. The van der Waals surface area contributed by atoms with Crippen LogP contribution in [0.15, 0.2) is 53.4 Å². The number of sulfonamides is 1. The summed E-state index contributed by atoms with van der Waals surface area (Å²) in [5.74, 6) is -0.162. The number of ether oxygens (including phenoxy) is 1. The number of nitrogens with one attached hydrogen (secondary N) is 2. The average molecular weight is 446 g/mol. The molecule has 0 spiro atoms. The molecule has 1 saturated heterocycles. The van der Waals surface area contributed by atoms with Crippen molar-refractivity contribution in [3.05, 3.63) is 48.5 Å². The van der Waals surface area contributed by atoms with Crippen LogP contribution in [0.3, 0.4) is 0 Å². The Hall–Kier alpha value is -2.91. The maximum atomic E-state index is 12.7. The van der Waals surface area contributed by atoms with Crippen molar-refractivity contribution in [2.75, 3.05) is 29.9 Å². The Morgan fingerprint density at radius 2 is 1.77 bits per heavy atom. The zero-order valence-corrected chi connectivity index (χ0v) is 18.4. The summed E-state index contributed by atoms with van der Waals surface area (Å²) in [5.41, 5.74) is 1.20. The third-order valence-electron chi connectivity index (χ3n) is 4.93. The first-order chi connectivity index (χ1) is 14.8. The van der Waals surface area contributed by atoms with Crippen molar-refractivity contribution in [3.8, 4) is 5.75 Å². The van der Waals surface area contributed by atoms with Crippen LogP contribution in [0.5, 0.6) is 5.75 Å². The van der Waals surface area contributed by atoms with Gasteiger partial charge in [0.15, 0.2) is 0 Å². The van der Waals surface area contributed by atoms with Gasteiger partial charge in [0.25, 0.3) is 0 Å². The second kappa shape index (κ2) is 9.93. The van der Waals surface area contributed by atoms with Crippen LogP contribution in [-0.4, -0.2) is 39.9 Å². The average Bonchev–Trinajstić information content (AvgIpc) is 3.15. The van der Waals surface area contributed by atoms with E-state index in [2.05, 4.69) is 10.0 Å². The Bertz CT molecular complexity index is 1020. The minimum Gasteiger partial charge on any atom is -0.494 e. The summed E-state index contributed by atoms with van der Waals surface area (Å²) < 4.78 is 32.2. The molecule has 31 heavy (non-hydrogen) atoms. The number of amides is 2. The molecule has 1 heterocycles. The SMILES string of the molecule is CCCNS(=O)(=O)c1ccc(NC(=O)[C@H]2CC(=O)N(c3ccc(OCC)cc3)C2)cc1. The molecule has 0 radical (unpaired) electrons. The van der Waals surface area contributed by atoms with Crippen LogP contribution in [0, 0.1) is 5.92 Å². The van der Waals surface area contributed by atoms with Gasteiger partial charge in [0.2, 0.25) is 21.8 Å². The quantitative estimate of drug-likeness (QED) is 0.618. The van der Waals surface area contributed by atoms with Gasteiger partial charge in [0.05, 0.1) is 17.4 Å². The van der Waals surface area contributed by atoms with Crippen molar-refractivity contribution in [2.24, 2.45) is 5.92 Å². The predicted molar refractivity (Wildman–Crippen MR) is 119 cm³/mol. The molecular formula is C22H27N3O5S. The molecule has 0 unspecified atom stereocenters. The lowest BCUT2D eigenvalue weighted by Gasteiger charge is -2.17. The maximum Gasteiger partial charge on any atom is 0.240 e. The van der Waals surface area contributed by atoms with Gasteiger partial charge in [-0.25, -0.2) is 13.1 Å². The molecule has 2 N–H and O–H groups in total. The topological polar surface area (TPSA) is 105 Å². The molecule has 8 nitrogen and oxygen atoms in total. The molecule has 1 aliphatic heterocycles. The molecule has 0 saturated carbocycles. The monoisotopic (exact) mass is 445 g/mol. The number of hydrogen-bond acceptors (Lipinski definition) is 5. The molecule has 2 amide bonds. The Morgan fingerprint density at radius 3 is 2.39 bits per heavy atom. The Morgan fingerprint density at radius 1 is 1.10 bits per heavy atom. The highest BCUT2D eigenvalue weighted by Gasteiger charge is 2.35. The summed E-state index contributed by atoms with van der Waals surface area (Å²) in [5, 5.41) is 2.77. The van der Waals surface area contributed by atoms with E-state index in [1.807, 2.05) is 13.8 Å². The molecule has 1 aliphatic rings. The number of rotatable bonds is 9. The van der Waals surface area contributed by atoms with E-state index in [1.165, 1.54) is 12.1 Å². The van der Waals surface area contributed by atoms with E-state index < -0.39 is 15.9 Å². The summed E-state index contributed by atoms with van der Waals surface area (Å²) in [6, 6.07) is 13.2. The van der Waals surface area contributed by atoms with E-state index in [4.69, 9.17) is 4.74 Å².